The molecule has 4 nitrogen and oxygen atoms in total. The van der Waals surface area contributed by atoms with Gasteiger partial charge >= 0.3 is 5.97 Å². The minimum Gasteiger partial charge on any atom is -0.465 e. The highest BCUT2D eigenvalue weighted by atomic mass is 16.5. The molecule has 0 saturated carbocycles. The lowest BCUT2D eigenvalue weighted by Crippen LogP contribution is -2.52. The van der Waals surface area contributed by atoms with Crippen LogP contribution in [0.3, 0.4) is 0 Å². The van der Waals surface area contributed by atoms with Gasteiger partial charge in [0.05, 0.1) is 6.61 Å². The maximum Gasteiger partial charge on any atom is 0.326 e. The minimum absolute atomic E-state index is 0.125. The molecule has 0 bridgehead atoms. The van der Waals surface area contributed by atoms with Gasteiger partial charge in [0.1, 0.15) is 5.54 Å². The lowest BCUT2D eigenvalue weighted by Gasteiger charge is -2.30. The summed E-state index contributed by atoms with van der Waals surface area (Å²) in [5.74, 6) is 0.466. The molecule has 1 N–H and O–H groups in total. The van der Waals surface area contributed by atoms with Gasteiger partial charge < -0.3 is 15.0 Å². The first-order valence-corrected chi connectivity index (χ1v) is 8.04. The van der Waals surface area contributed by atoms with Crippen LogP contribution in [-0.2, 0) is 9.53 Å². The second-order valence-electron chi connectivity index (χ2n) is 5.94. The van der Waals surface area contributed by atoms with Crippen LogP contribution in [0.1, 0.15) is 54.4 Å². The predicted octanol–water partition coefficient (Wildman–Crippen LogP) is 2.68. The SMILES string of the molecule is CCOC(=O)C(C)(CCC(C)C)NCCN(CC)CC. The Kier molecular flexibility index (Phi) is 9.86. The number of likely N-dealkylation sites (N-methyl/N-ethyl adjacent to an activating group) is 1. The molecule has 0 amide bonds. The molecule has 0 aliphatic heterocycles. The van der Waals surface area contributed by atoms with Crippen LogP contribution in [0, 0.1) is 5.92 Å². The summed E-state index contributed by atoms with van der Waals surface area (Å²) in [6.45, 7) is 16.8. The van der Waals surface area contributed by atoms with E-state index < -0.39 is 5.54 Å². The van der Waals surface area contributed by atoms with Crippen LogP contribution in [-0.4, -0.2) is 49.2 Å². The van der Waals surface area contributed by atoms with Gasteiger partial charge in [-0.05, 0) is 45.7 Å². The maximum absolute atomic E-state index is 12.2. The zero-order valence-corrected chi connectivity index (χ0v) is 14.3. The molecule has 1 atom stereocenters. The number of carbonyl (C=O) groups is 1. The summed E-state index contributed by atoms with van der Waals surface area (Å²) in [7, 11) is 0. The highest BCUT2D eigenvalue weighted by Gasteiger charge is 2.33. The van der Waals surface area contributed by atoms with Crippen molar-refractivity contribution in [3.8, 4) is 0 Å². The van der Waals surface area contributed by atoms with E-state index in [1.807, 2.05) is 13.8 Å². The third kappa shape index (κ3) is 7.25. The fourth-order valence-corrected chi connectivity index (χ4v) is 2.16. The molecule has 0 aromatic rings. The number of esters is 1. The standard InChI is InChI=1S/C16H34N2O2/c1-7-18(8-2)13-12-17-16(6,11-10-14(4)5)15(19)20-9-3/h14,17H,7-13H2,1-6H3. The zero-order chi connectivity index (χ0) is 15.6. The molecule has 4 heteroatoms. The van der Waals surface area contributed by atoms with E-state index in [4.69, 9.17) is 4.74 Å². The van der Waals surface area contributed by atoms with Crippen molar-refractivity contribution in [2.75, 3.05) is 32.8 Å². The molecule has 0 rings (SSSR count). The van der Waals surface area contributed by atoms with Gasteiger partial charge in [-0.1, -0.05) is 27.7 Å². The molecule has 0 fully saturated rings. The van der Waals surface area contributed by atoms with Crippen LogP contribution in [0.5, 0.6) is 0 Å². The highest BCUT2D eigenvalue weighted by Crippen LogP contribution is 2.18. The van der Waals surface area contributed by atoms with E-state index in [-0.39, 0.29) is 5.97 Å². The Bertz CT molecular complexity index is 265. The van der Waals surface area contributed by atoms with Crippen molar-refractivity contribution in [3.05, 3.63) is 0 Å². The average molecular weight is 286 g/mol. The van der Waals surface area contributed by atoms with Gasteiger partial charge in [-0.15, -0.1) is 0 Å². The lowest BCUT2D eigenvalue weighted by atomic mass is 9.92. The Morgan fingerprint density at radius 2 is 1.85 bits per heavy atom. The van der Waals surface area contributed by atoms with E-state index in [0.29, 0.717) is 12.5 Å². The second-order valence-corrected chi connectivity index (χ2v) is 5.94. The van der Waals surface area contributed by atoms with Crippen molar-refractivity contribution >= 4 is 5.97 Å². The summed E-state index contributed by atoms with van der Waals surface area (Å²) in [6, 6.07) is 0. The summed E-state index contributed by atoms with van der Waals surface area (Å²) in [5.41, 5.74) is -0.562. The Labute approximate surface area is 125 Å². The van der Waals surface area contributed by atoms with E-state index in [1.165, 1.54) is 0 Å². The first kappa shape index (κ1) is 19.4. The van der Waals surface area contributed by atoms with Crippen molar-refractivity contribution in [1.29, 1.82) is 0 Å². The Morgan fingerprint density at radius 1 is 1.25 bits per heavy atom. The van der Waals surface area contributed by atoms with E-state index in [0.717, 1.165) is 39.0 Å². The van der Waals surface area contributed by atoms with Crippen LogP contribution in [0.15, 0.2) is 0 Å². The monoisotopic (exact) mass is 286 g/mol. The molecule has 0 heterocycles. The normalized spacial score (nSPS) is 14.6. The van der Waals surface area contributed by atoms with E-state index >= 15 is 0 Å². The topological polar surface area (TPSA) is 41.6 Å². The Hall–Kier alpha value is -0.610. The Morgan fingerprint density at radius 3 is 2.30 bits per heavy atom. The van der Waals surface area contributed by atoms with E-state index in [9.17, 15) is 4.79 Å². The fraction of sp³-hybridized carbons (Fsp3) is 0.938. The number of rotatable bonds is 11. The number of nitrogens with one attached hydrogen (secondary N) is 1. The van der Waals surface area contributed by atoms with Crippen LogP contribution in [0.25, 0.3) is 0 Å². The number of hydrogen-bond acceptors (Lipinski definition) is 4. The van der Waals surface area contributed by atoms with Crippen LogP contribution in [0.4, 0.5) is 0 Å². The van der Waals surface area contributed by atoms with Crippen molar-refractivity contribution in [2.45, 2.75) is 59.9 Å². The van der Waals surface area contributed by atoms with Gasteiger partial charge in [0.2, 0.25) is 0 Å². The quantitative estimate of drug-likeness (QED) is 0.593. The van der Waals surface area contributed by atoms with Gasteiger partial charge in [-0.3, -0.25) is 4.79 Å². The van der Waals surface area contributed by atoms with Crippen LogP contribution >= 0.6 is 0 Å². The maximum atomic E-state index is 12.2. The number of hydrogen-bond donors (Lipinski definition) is 1. The third-order valence-corrected chi connectivity index (χ3v) is 3.79. The van der Waals surface area contributed by atoms with Gasteiger partial charge in [-0.2, -0.15) is 0 Å². The van der Waals surface area contributed by atoms with Crippen molar-refractivity contribution < 1.29 is 9.53 Å². The molecule has 1 unspecified atom stereocenters. The van der Waals surface area contributed by atoms with Gasteiger partial charge in [0.25, 0.3) is 0 Å². The van der Waals surface area contributed by atoms with E-state index in [1.54, 1.807) is 0 Å². The molecule has 0 spiro atoms. The molecule has 0 aliphatic carbocycles. The third-order valence-electron chi connectivity index (χ3n) is 3.79. The largest absolute Gasteiger partial charge is 0.465 e. The van der Waals surface area contributed by atoms with Crippen molar-refractivity contribution in [2.24, 2.45) is 5.92 Å². The molecular formula is C16H34N2O2. The predicted molar refractivity (Wildman–Crippen MR) is 84.9 cm³/mol. The first-order chi connectivity index (χ1) is 9.39. The van der Waals surface area contributed by atoms with Crippen molar-refractivity contribution in [3.63, 3.8) is 0 Å². The molecule has 20 heavy (non-hydrogen) atoms. The fourth-order valence-electron chi connectivity index (χ4n) is 2.16. The molecule has 0 aliphatic rings. The lowest BCUT2D eigenvalue weighted by molar-refractivity contribution is -0.151. The molecule has 0 aromatic heterocycles. The Balaban J connectivity index is 4.47. The summed E-state index contributed by atoms with van der Waals surface area (Å²) in [4.78, 5) is 14.5. The van der Waals surface area contributed by atoms with Crippen LogP contribution < -0.4 is 5.32 Å². The molecule has 0 aromatic carbocycles. The smallest absolute Gasteiger partial charge is 0.326 e. The summed E-state index contributed by atoms with van der Waals surface area (Å²) in [5, 5.41) is 3.42. The number of nitrogens with zero attached hydrogens (tertiary/aromatic N) is 1. The van der Waals surface area contributed by atoms with Crippen LogP contribution in [0.2, 0.25) is 0 Å². The van der Waals surface area contributed by atoms with Gasteiger partial charge in [-0.25, -0.2) is 0 Å². The van der Waals surface area contributed by atoms with Gasteiger partial charge in [0, 0.05) is 13.1 Å². The summed E-state index contributed by atoms with van der Waals surface area (Å²) >= 11 is 0. The second kappa shape index (κ2) is 10.2. The zero-order valence-electron chi connectivity index (χ0n) is 14.3. The summed E-state index contributed by atoms with van der Waals surface area (Å²) < 4.78 is 5.23. The number of ether oxygens (including phenoxy) is 1. The van der Waals surface area contributed by atoms with Crippen molar-refractivity contribution in [1.82, 2.24) is 10.2 Å². The summed E-state index contributed by atoms with van der Waals surface area (Å²) in [6.07, 6.45) is 1.84. The molecule has 0 saturated heterocycles. The molecule has 120 valence electrons. The molecular weight excluding hydrogens is 252 g/mol. The first-order valence-electron chi connectivity index (χ1n) is 8.04. The number of carbonyl (C=O) groups excluding carboxylic acids is 1. The highest BCUT2D eigenvalue weighted by molar-refractivity contribution is 5.80. The molecule has 0 radical (unpaired) electrons. The average Bonchev–Trinajstić information content (AvgIpc) is 2.41. The van der Waals surface area contributed by atoms with Gasteiger partial charge in [0.15, 0.2) is 0 Å². The minimum atomic E-state index is -0.562. The van der Waals surface area contributed by atoms with E-state index in [2.05, 4.69) is 37.9 Å².